The van der Waals surface area contributed by atoms with E-state index in [1.54, 1.807) is 35.6 Å². The molecule has 2 heterocycles. The fourth-order valence-electron chi connectivity index (χ4n) is 2.63. The first kappa shape index (κ1) is 21.9. The number of hydrogen-bond acceptors (Lipinski definition) is 5. The van der Waals surface area contributed by atoms with Crippen LogP contribution in [0.2, 0.25) is 10.0 Å². The Hall–Kier alpha value is -1.80. The van der Waals surface area contributed by atoms with E-state index >= 15 is 0 Å². The summed E-state index contributed by atoms with van der Waals surface area (Å²) in [5.74, 6) is 1.24. The molecule has 0 spiro atoms. The molecular formula is C20H20Cl2N4OS2. The van der Waals surface area contributed by atoms with Crippen molar-refractivity contribution in [3.8, 4) is 11.4 Å². The van der Waals surface area contributed by atoms with Crippen molar-refractivity contribution < 1.29 is 4.79 Å². The van der Waals surface area contributed by atoms with Crippen molar-refractivity contribution in [2.75, 3.05) is 11.1 Å². The van der Waals surface area contributed by atoms with Gasteiger partial charge in [0.05, 0.1) is 5.75 Å². The Morgan fingerprint density at radius 1 is 1.28 bits per heavy atom. The van der Waals surface area contributed by atoms with Gasteiger partial charge in [0.25, 0.3) is 0 Å². The summed E-state index contributed by atoms with van der Waals surface area (Å²) in [6.07, 6.45) is 1.79. The Labute approximate surface area is 188 Å². The van der Waals surface area contributed by atoms with Crippen molar-refractivity contribution >= 4 is 57.9 Å². The van der Waals surface area contributed by atoms with Gasteiger partial charge in [0.2, 0.25) is 5.91 Å². The third kappa shape index (κ3) is 5.63. The largest absolute Gasteiger partial charge is 0.325 e. The zero-order chi connectivity index (χ0) is 21.0. The number of thiophene rings is 1. The predicted octanol–water partition coefficient (Wildman–Crippen LogP) is 6.35. The van der Waals surface area contributed by atoms with Gasteiger partial charge in [-0.15, -0.1) is 28.1 Å². The lowest BCUT2D eigenvalue weighted by molar-refractivity contribution is -0.113. The third-order valence-electron chi connectivity index (χ3n) is 3.95. The highest BCUT2D eigenvalue weighted by Crippen LogP contribution is 2.31. The van der Waals surface area contributed by atoms with E-state index in [1.165, 1.54) is 16.6 Å². The Kier molecular flexibility index (Phi) is 7.40. The number of halogens is 2. The molecule has 9 heteroatoms. The van der Waals surface area contributed by atoms with Gasteiger partial charge in [-0.3, -0.25) is 9.36 Å². The third-order valence-corrected chi connectivity index (χ3v) is 6.59. The van der Waals surface area contributed by atoms with Crippen molar-refractivity contribution in [1.29, 1.82) is 0 Å². The number of anilines is 1. The van der Waals surface area contributed by atoms with Gasteiger partial charge < -0.3 is 5.32 Å². The summed E-state index contributed by atoms with van der Waals surface area (Å²) in [7, 11) is 0. The van der Waals surface area contributed by atoms with Crippen molar-refractivity contribution in [2.45, 2.75) is 31.5 Å². The number of carbonyl (C=O) groups is 1. The Morgan fingerprint density at radius 3 is 2.62 bits per heavy atom. The summed E-state index contributed by atoms with van der Waals surface area (Å²) in [4.78, 5) is 13.6. The molecule has 29 heavy (non-hydrogen) atoms. The van der Waals surface area contributed by atoms with E-state index in [0.29, 0.717) is 33.4 Å². The number of nitrogens with zero attached hydrogens (tertiary/aromatic N) is 3. The molecular weight excluding hydrogens is 447 g/mol. The molecule has 0 radical (unpaired) electrons. The molecule has 0 aliphatic carbocycles. The van der Waals surface area contributed by atoms with E-state index in [0.717, 1.165) is 11.4 Å². The average Bonchev–Trinajstić information content (AvgIpc) is 3.26. The number of carbonyl (C=O) groups excluding carboxylic acids is 1. The molecule has 0 saturated heterocycles. The van der Waals surface area contributed by atoms with Crippen LogP contribution >= 0.6 is 46.3 Å². The molecule has 0 aliphatic rings. The zero-order valence-corrected chi connectivity index (χ0v) is 19.1. The monoisotopic (exact) mass is 466 g/mol. The van der Waals surface area contributed by atoms with Crippen LogP contribution in [-0.4, -0.2) is 26.4 Å². The quantitative estimate of drug-likeness (QED) is 0.310. The van der Waals surface area contributed by atoms with Gasteiger partial charge >= 0.3 is 0 Å². The second-order valence-electron chi connectivity index (χ2n) is 6.59. The van der Waals surface area contributed by atoms with Crippen LogP contribution in [0.4, 0.5) is 5.69 Å². The maximum atomic E-state index is 12.3. The van der Waals surface area contributed by atoms with Gasteiger partial charge in [-0.25, -0.2) is 0 Å². The molecule has 3 aromatic rings. The number of nitrogens with one attached hydrogen (secondary N) is 1. The Morgan fingerprint density at radius 2 is 2.00 bits per heavy atom. The first-order valence-corrected chi connectivity index (χ1v) is 11.5. The standard InChI is InChI=1S/C20H20Cl2N4OS2/c1-4-5-26-19(13-6-17(12(2)3)28-10-13)24-25-20(26)29-11-18(27)23-16-8-14(21)7-15(22)9-16/h4,6-10,12H,1,5,11H2,2-3H3,(H,23,27). The molecule has 1 amide bonds. The molecule has 0 saturated carbocycles. The van der Waals surface area contributed by atoms with Crippen molar-refractivity contribution in [3.05, 3.63) is 57.2 Å². The average molecular weight is 467 g/mol. The SMILES string of the molecule is C=CCn1c(SCC(=O)Nc2cc(Cl)cc(Cl)c2)nnc1-c1csc(C(C)C)c1. The van der Waals surface area contributed by atoms with Crippen LogP contribution in [0, 0.1) is 0 Å². The number of thioether (sulfide) groups is 1. The molecule has 0 unspecified atom stereocenters. The maximum absolute atomic E-state index is 12.3. The topological polar surface area (TPSA) is 59.8 Å². The van der Waals surface area contributed by atoms with Crippen LogP contribution in [0.1, 0.15) is 24.6 Å². The summed E-state index contributed by atoms with van der Waals surface area (Å²) in [5.41, 5.74) is 1.58. The van der Waals surface area contributed by atoms with Crippen LogP contribution in [0.5, 0.6) is 0 Å². The number of hydrogen-bond donors (Lipinski definition) is 1. The Balaban J connectivity index is 1.72. The van der Waals surface area contributed by atoms with Crippen LogP contribution < -0.4 is 5.32 Å². The molecule has 0 atom stereocenters. The van der Waals surface area contributed by atoms with Crippen LogP contribution in [0.25, 0.3) is 11.4 Å². The minimum Gasteiger partial charge on any atom is -0.325 e. The van der Waals surface area contributed by atoms with E-state index in [-0.39, 0.29) is 11.7 Å². The lowest BCUT2D eigenvalue weighted by atomic mass is 10.1. The molecule has 1 N–H and O–H groups in total. The molecule has 152 valence electrons. The number of rotatable bonds is 8. The molecule has 3 rings (SSSR count). The molecule has 0 aliphatic heterocycles. The molecule has 1 aromatic carbocycles. The van der Waals surface area contributed by atoms with Crippen molar-refractivity contribution in [1.82, 2.24) is 14.8 Å². The number of aromatic nitrogens is 3. The van der Waals surface area contributed by atoms with Gasteiger partial charge in [-0.05, 0) is 30.2 Å². The lowest BCUT2D eigenvalue weighted by Gasteiger charge is -2.08. The molecule has 0 fully saturated rings. The Bertz CT molecular complexity index is 1010. The van der Waals surface area contributed by atoms with Crippen molar-refractivity contribution in [2.24, 2.45) is 0 Å². The molecule has 5 nitrogen and oxygen atoms in total. The normalized spacial score (nSPS) is 11.1. The van der Waals surface area contributed by atoms with E-state index in [9.17, 15) is 4.79 Å². The predicted molar refractivity (Wildman–Crippen MR) is 123 cm³/mol. The second kappa shape index (κ2) is 9.80. The number of benzene rings is 1. The van der Waals surface area contributed by atoms with Gasteiger partial charge in [0, 0.05) is 38.1 Å². The molecule has 0 bridgehead atoms. The van der Waals surface area contributed by atoms with Crippen LogP contribution in [-0.2, 0) is 11.3 Å². The highest BCUT2D eigenvalue weighted by Gasteiger charge is 2.17. The summed E-state index contributed by atoms with van der Waals surface area (Å²) in [6.45, 7) is 8.71. The summed E-state index contributed by atoms with van der Waals surface area (Å²) in [5, 5.41) is 15.1. The van der Waals surface area contributed by atoms with E-state index in [1.807, 2.05) is 4.57 Å². The minimum absolute atomic E-state index is 0.180. The summed E-state index contributed by atoms with van der Waals surface area (Å²) >= 11 is 15.0. The van der Waals surface area contributed by atoms with Gasteiger partial charge in [-0.2, -0.15) is 0 Å². The fraction of sp³-hybridized carbons (Fsp3) is 0.250. The highest BCUT2D eigenvalue weighted by atomic mass is 35.5. The summed E-state index contributed by atoms with van der Waals surface area (Å²) in [6, 6.07) is 7.05. The number of allylic oxidation sites excluding steroid dienone is 1. The van der Waals surface area contributed by atoms with Crippen LogP contribution in [0.15, 0.2) is 47.5 Å². The lowest BCUT2D eigenvalue weighted by Crippen LogP contribution is -2.14. The van der Waals surface area contributed by atoms with Crippen molar-refractivity contribution in [3.63, 3.8) is 0 Å². The first-order valence-electron chi connectivity index (χ1n) is 8.89. The fourth-order valence-corrected chi connectivity index (χ4v) is 4.81. The first-order chi connectivity index (χ1) is 13.9. The van der Waals surface area contributed by atoms with E-state index in [4.69, 9.17) is 23.2 Å². The summed E-state index contributed by atoms with van der Waals surface area (Å²) < 4.78 is 1.97. The smallest absolute Gasteiger partial charge is 0.234 e. The highest BCUT2D eigenvalue weighted by molar-refractivity contribution is 7.99. The minimum atomic E-state index is -0.180. The zero-order valence-electron chi connectivity index (χ0n) is 16.0. The second-order valence-corrected chi connectivity index (χ2v) is 9.35. The number of amides is 1. The van der Waals surface area contributed by atoms with Gasteiger partial charge in [0.1, 0.15) is 0 Å². The van der Waals surface area contributed by atoms with E-state index in [2.05, 4.69) is 47.4 Å². The van der Waals surface area contributed by atoms with Gasteiger partial charge in [-0.1, -0.05) is 54.9 Å². The van der Waals surface area contributed by atoms with Crippen LogP contribution in [0.3, 0.4) is 0 Å². The van der Waals surface area contributed by atoms with Gasteiger partial charge in [0.15, 0.2) is 11.0 Å². The maximum Gasteiger partial charge on any atom is 0.234 e. The van der Waals surface area contributed by atoms with E-state index < -0.39 is 0 Å². The molecule has 2 aromatic heterocycles.